The predicted molar refractivity (Wildman–Crippen MR) is 123 cm³/mol. The van der Waals surface area contributed by atoms with E-state index in [-0.39, 0.29) is 24.2 Å². The largest absolute Gasteiger partial charge is 0.457 e. The van der Waals surface area contributed by atoms with Crippen LogP contribution in [0.3, 0.4) is 0 Å². The Morgan fingerprint density at radius 1 is 0.765 bits per heavy atom. The Labute approximate surface area is 199 Å². The molecule has 0 amide bonds. The Bertz CT molecular complexity index is 1030. The third-order valence-electron chi connectivity index (χ3n) is 4.34. The summed E-state index contributed by atoms with van der Waals surface area (Å²) in [4.78, 5) is 51.5. The molecule has 0 heterocycles. The summed E-state index contributed by atoms with van der Waals surface area (Å²) in [5, 5.41) is 0. The molecule has 0 aromatic heterocycles. The summed E-state index contributed by atoms with van der Waals surface area (Å²) in [7, 11) is 0. The minimum absolute atomic E-state index is 0.0560. The maximum Gasteiger partial charge on any atom is 0.368 e. The Morgan fingerprint density at radius 3 is 1.88 bits per heavy atom. The molecule has 0 fully saturated rings. The molecule has 0 saturated carbocycles. The Balaban J connectivity index is 2.65. The third-order valence-corrected chi connectivity index (χ3v) is 4.34. The molecule has 0 bridgehead atoms. The van der Waals surface area contributed by atoms with Gasteiger partial charge in [-0.25, -0.2) is 14.4 Å². The van der Waals surface area contributed by atoms with Crippen LogP contribution >= 0.6 is 0 Å². The maximum absolute atomic E-state index is 13.5. The van der Waals surface area contributed by atoms with Crippen molar-refractivity contribution in [3.8, 4) is 0 Å². The lowest BCUT2D eigenvalue weighted by molar-refractivity contribution is -0.200. The van der Waals surface area contributed by atoms with Crippen molar-refractivity contribution in [2.24, 2.45) is 0 Å². The molecule has 0 aliphatic heterocycles. The van der Waals surface area contributed by atoms with Gasteiger partial charge in [0.05, 0.1) is 5.56 Å². The van der Waals surface area contributed by atoms with Gasteiger partial charge in [-0.1, -0.05) is 48.5 Å². The molecule has 1 atom stereocenters. The van der Waals surface area contributed by atoms with Crippen molar-refractivity contribution in [2.75, 3.05) is 0 Å². The quantitative estimate of drug-likeness (QED) is 0.246. The van der Waals surface area contributed by atoms with Crippen LogP contribution in [0, 0.1) is 0 Å². The molecule has 0 aliphatic carbocycles. The van der Waals surface area contributed by atoms with Gasteiger partial charge >= 0.3 is 23.5 Å². The number of carbonyl (C=O) groups excluding carboxylic acids is 4. The highest BCUT2D eigenvalue weighted by Gasteiger charge is 2.56. The summed E-state index contributed by atoms with van der Waals surface area (Å²) in [6.07, 6.45) is 0. The first-order valence-corrected chi connectivity index (χ1v) is 10.7. The fourth-order valence-corrected chi connectivity index (χ4v) is 3.01. The predicted octanol–water partition coefficient (Wildman–Crippen LogP) is 4.10. The van der Waals surface area contributed by atoms with Gasteiger partial charge in [0.15, 0.2) is 0 Å². The van der Waals surface area contributed by atoms with Crippen LogP contribution < -0.4 is 0 Å². The highest BCUT2D eigenvalue weighted by Crippen LogP contribution is 2.34. The van der Waals surface area contributed by atoms with E-state index in [0.29, 0.717) is 5.56 Å². The zero-order valence-electron chi connectivity index (χ0n) is 20.2. The summed E-state index contributed by atoms with van der Waals surface area (Å²) < 4.78 is 21.4. The lowest BCUT2D eigenvalue weighted by atomic mass is 9.88. The molecule has 0 radical (unpaired) electrons. The average molecular weight is 471 g/mol. The van der Waals surface area contributed by atoms with Gasteiger partial charge in [-0.15, -0.1) is 0 Å². The van der Waals surface area contributed by atoms with E-state index in [1.807, 2.05) is 0 Å². The van der Waals surface area contributed by atoms with Gasteiger partial charge in [-0.05, 0) is 53.2 Å². The number of carbonyl (C=O) groups is 4. The lowest BCUT2D eigenvalue weighted by Crippen LogP contribution is -2.51. The maximum atomic E-state index is 13.5. The van der Waals surface area contributed by atoms with Gasteiger partial charge in [-0.2, -0.15) is 0 Å². The fraction of sp³-hybridized carbons (Fsp3) is 0.385. The number of benzene rings is 2. The van der Waals surface area contributed by atoms with Crippen LogP contribution in [0.1, 0.15) is 63.0 Å². The van der Waals surface area contributed by atoms with Gasteiger partial charge < -0.3 is 18.9 Å². The summed E-state index contributed by atoms with van der Waals surface area (Å²) in [6, 6.07) is 14.4. The molecular formula is C26H30O8. The molecule has 8 nitrogen and oxygen atoms in total. The number of rotatable bonds is 8. The molecule has 2 rings (SSSR count). The van der Waals surface area contributed by atoms with Crippen LogP contribution in [0.25, 0.3) is 0 Å². The summed E-state index contributed by atoms with van der Waals surface area (Å²) >= 11 is 0. The molecule has 0 aliphatic rings. The molecule has 1 unspecified atom stereocenters. The fourth-order valence-electron chi connectivity index (χ4n) is 3.01. The zero-order chi connectivity index (χ0) is 25.6. The number of esters is 3. The average Bonchev–Trinajstić information content (AvgIpc) is 2.74. The number of ether oxygens (including phenoxy) is 4. The van der Waals surface area contributed by atoms with E-state index in [0.717, 1.165) is 0 Å². The van der Waals surface area contributed by atoms with E-state index < -0.39 is 34.7 Å². The standard InChI is InChI=1S/C26H30O8/c1-24(2,3)33-21(28)19-14-10-11-15-20(19)26(32-17-27,23(30)34-25(4,5)6)22(29)31-16-18-12-8-7-9-13-18/h7-15,17H,16H2,1-6H3. The van der Waals surface area contributed by atoms with Crippen LogP contribution in [0.4, 0.5) is 0 Å². The molecule has 0 saturated heterocycles. The zero-order valence-corrected chi connectivity index (χ0v) is 20.2. The van der Waals surface area contributed by atoms with E-state index in [2.05, 4.69) is 0 Å². The van der Waals surface area contributed by atoms with Gasteiger partial charge in [-0.3, -0.25) is 4.79 Å². The Morgan fingerprint density at radius 2 is 1.32 bits per heavy atom. The van der Waals surface area contributed by atoms with Crippen molar-refractivity contribution in [2.45, 2.75) is 65.0 Å². The second-order valence-corrected chi connectivity index (χ2v) is 9.51. The highest BCUT2D eigenvalue weighted by molar-refractivity contribution is 6.08. The van der Waals surface area contributed by atoms with Gasteiger partial charge in [0, 0.05) is 5.56 Å². The van der Waals surface area contributed by atoms with Crippen molar-refractivity contribution in [1.82, 2.24) is 0 Å². The smallest absolute Gasteiger partial charge is 0.368 e. The SMILES string of the molecule is CC(C)(C)OC(=O)c1ccccc1C(OC=O)(C(=O)OCc1ccccc1)C(=O)OC(C)(C)C. The van der Waals surface area contributed by atoms with Gasteiger partial charge in [0.25, 0.3) is 6.47 Å². The minimum Gasteiger partial charge on any atom is -0.457 e. The normalized spacial score (nSPS) is 13.2. The van der Waals surface area contributed by atoms with Crippen LogP contribution in [0.15, 0.2) is 54.6 Å². The lowest BCUT2D eigenvalue weighted by Gasteiger charge is -2.32. The Hall–Kier alpha value is -3.68. The van der Waals surface area contributed by atoms with Crippen molar-refractivity contribution in [1.29, 1.82) is 0 Å². The van der Waals surface area contributed by atoms with Crippen LogP contribution in [-0.2, 0) is 45.5 Å². The molecule has 34 heavy (non-hydrogen) atoms. The summed E-state index contributed by atoms with van der Waals surface area (Å²) in [5.41, 5.74) is -4.35. The van der Waals surface area contributed by atoms with Crippen molar-refractivity contribution >= 4 is 24.4 Å². The first kappa shape index (κ1) is 26.6. The first-order chi connectivity index (χ1) is 15.8. The first-order valence-electron chi connectivity index (χ1n) is 10.7. The van der Waals surface area contributed by atoms with Crippen LogP contribution in [0.2, 0.25) is 0 Å². The van der Waals surface area contributed by atoms with Crippen molar-refractivity contribution < 1.29 is 38.1 Å². The highest BCUT2D eigenvalue weighted by atomic mass is 16.6. The van der Waals surface area contributed by atoms with Crippen molar-refractivity contribution in [3.63, 3.8) is 0 Å². The van der Waals surface area contributed by atoms with Gasteiger partial charge in [0.1, 0.15) is 17.8 Å². The topological polar surface area (TPSA) is 105 Å². The molecule has 0 N–H and O–H groups in total. The molecule has 2 aromatic rings. The molecular weight excluding hydrogens is 440 g/mol. The number of hydrogen-bond donors (Lipinski definition) is 0. The van der Waals surface area contributed by atoms with E-state index >= 15 is 0 Å². The molecule has 182 valence electrons. The minimum atomic E-state index is -2.70. The third kappa shape index (κ3) is 6.66. The van der Waals surface area contributed by atoms with E-state index in [4.69, 9.17) is 18.9 Å². The Kier molecular flexibility index (Phi) is 8.21. The van der Waals surface area contributed by atoms with Crippen LogP contribution in [-0.4, -0.2) is 35.6 Å². The molecule has 2 aromatic carbocycles. The van der Waals surface area contributed by atoms with Crippen LogP contribution in [0.5, 0.6) is 0 Å². The van der Waals surface area contributed by atoms with Gasteiger partial charge in [0.2, 0.25) is 0 Å². The second kappa shape index (κ2) is 10.5. The summed E-state index contributed by atoms with van der Waals surface area (Å²) in [6.45, 7) is 9.52. The monoisotopic (exact) mass is 470 g/mol. The van der Waals surface area contributed by atoms with Crippen molar-refractivity contribution in [3.05, 3.63) is 71.3 Å². The van der Waals surface area contributed by atoms with E-state index in [1.165, 1.54) is 24.3 Å². The summed E-state index contributed by atoms with van der Waals surface area (Å²) in [5.74, 6) is -3.24. The number of hydrogen-bond acceptors (Lipinski definition) is 8. The van der Waals surface area contributed by atoms with E-state index in [9.17, 15) is 19.2 Å². The van der Waals surface area contributed by atoms with E-state index in [1.54, 1.807) is 71.9 Å². The second-order valence-electron chi connectivity index (χ2n) is 9.51. The molecule has 8 heteroatoms. The molecule has 0 spiro atoms.